The molecule has 74 valence electrons. The van der Waals surface area contributed by atoms with E-state index in [1.165, 1.54) is 0 Å². The minimum Gasteiger partial charge on any atom is -0.299 e. The minimum atomic E-state index is -0.216. The topological polar surface area (TPSA) is 17.1 Å². The van der Waals surface area contributed by atoms with Gasteiger partial charge in [0.1, 0.15) is 5.78 Å². The Labute approximate surface area is 81.2 Å². The lowest BCUT2D eigenvalue weighted by Crippen LogP contribution is -2.39. The Balaban J connectivity index is 2.88. The summed E-state index contributed by atoms with van der Waals surface area (Å²) in [6.45, 7) is 10.2. The van der Waals surface area contributed by atoms with Crippen LogP contribution in [-0.4, -0.2) is 5.78 Å². The first-order chi connectivity index (χ1) is 6.03. The summed E-state index contributed by atoms with van der Waals surface area (Å²) < 4.78 is 0. The van der Waals surface area contributed by atoms with Gasteiger partial charge in [0.25, 0.3) is 0 Å². The van der Waals surface area contributed by atoms with Crippen LogP contribution in [0.3, 0.4) is 0 Å². The second-order valence-electron chi connectivity index (χ2n) is 4.67. The van der Waals surface area contributed by atoms with Gasteiger partial charge in [-0.15, -0.1) is 6.58 Å². The molecule has 1 heteroatoms. The molecule has 2 atom stereocenters. The molecule has 0 unspecified atom stereocenters. The van der Waals surface area contributed by atoms with Gasteiger partial charge in [0.2, 0.25) is 0 Å². The summed E-state index contributed by atoms with van der Waals surface area (Å²) >= 11 is 0. The van der Waals surface area contributed by atoms with Gasteiger partial charge in [-0.2, -0.15) is 0 Å². The third-order valence-electron chi connectivity index (χ3n) is 3.50. The van der Waals surface area contributed by atoms with Crippen molar-refractivity contribution in [2.45, 2.75) is 40.0 Å². The van der Waals surface area contributed by atoms with Gasteiger partial charge >= 0.3 is 0 Å². The monoisotopic (exact) mass is 180 g/mol. The molecule has 0 saturated heterocycles. The fourth-order valence-electron chi connectivity index (χ4n) is 2.30. The van der Waals surface area contributed by atoms with Gasteiger partial charge in [-0.3, -0.25) is 4.79 Å². The quantitative estimate of drug-likeness (QED) is 0.596. The number of ketones is 1. The standard InChI is InChI=1S/C12H20O/c1-5-12(9(2)3)7-6-10(4)8-11(12)13/h5,9-10H,1,6-8H2,2-4H3/t10-,12+/m0/s1. The van der Waals surface area contributed by atoms with Crippen molar-refractivity contribution in [3.8, 4) is 0 Å². The smallest absolute Gasteiger partial charge is 0.143 e. The van der Waals surface area contributed by atoms with Crippen molar-refractivity contribution in [3.63, 3.8) is 0 Å². The van der Waals surface area contributed by atoms with Crippen LogP contribution in [0.5, 0.6) is 0 Å². The van der Waals surface area contributed by atoms with E-state index < -0.39 is 0 Å². The number of allylic oxidation sites excluding steroid dienone is 1. The van der Waals surface area contributed by atoms with Crippen molar-refractivity contribution in [1.29, 1.82) is 0 Å². The Morgan fingerprint density at radius 1 is 1.62 bits per heavy atom. The van der Waals surface area contributed by atoms with Crippen LogP contribution in [0.25, 0.3) is 0 Å². The van der Waals surface area contributed by atoms with E-state index in [1.807, 2.05) is 6.08 Å². The zero-order valence-electron chi connectivity index (χ0n) is 8.97. The number of carbonyl (C=O) groups excluding carboxylic acids is 1. The molecule has 0 aromatic rings. The number of rotatable bonds is 2. The lowest BCUT2D eigenvalue weighted by atomic mass is 9.64. The molecular weight excluding hydrogens is 160 g/mol. The highest BCUT2D eigenvalue weighted by Gasteiger charge is 2.41. The lowest BCUT2D eigenvalue weighted by Gasteiger charge is -2.38. The lowest BCUT2D eigenvalue weighted by molar-refractivity contribution is -0.132. The summed E-state index contributed by atoms with van der Waals surface area (Å²) in [7, 11) is 0. The number of Topliss-reactive ketones (excluding diaryl/α,β-unsaturated/α-hetero) is 1. The van der Waals surface area contributed by atoms with E-state index in [-0.39, 0.29) is 5.41 Å². The molecule has 0 aromatic heterocycles. The summed E-state index contributed by atoms with van der Waals surface area (Å²) in [5, 5.41) is 0. The second-order valence-corrected chi connectivity index (χ2v) is 4.67. The fourth-order valence-corrected chi connectivity index (χ4v) is 2.30. The molecule has 0 heterocycles. The predicted octanol–water partition coefficient (Wildman–Crippen LogP) is 3.20. The zero-order chi connectivity index (χ0) is 10.1. The molecule has 1 rings (SSSR count). The minimum absolute atomic E-state index is 0.216. The van der Waals surface area contributed by atoms with Crippen LogP contribution in [0, 0.1) is 17.3 Å². The summed E-state index contributed by atoms with van der Waals surface area (Å²) in [6.07, 6.45) is 4.78. The van der Waals surface area contributed by atoms with Gasteiger partial charge in [0.05, 0.1) is 0 Å². The summed E-state index contributed by atoms with van der Waals surface area (Å²) in [6, 6.07) is 0. The maximum Gasteiger partial charge on any atom is 0.143 e. The molecule has 13 heavy (non-hydrogen) atoms. The Morgan fingerprint density at radius 2 is 2.23 bits per heavy atom. The van der Waals surface area contributed by atoms with E-state index >= 15 is 0 Å². The summed E-state index contributed by atoms with van der Waals surface area (Å²) in [5.41, 5.74) is -0.216. The number of hydrogen-bond acceptors (Lipinski definition) is 1. The van der Waals surface area contributed by atoms with E-state index in [2.05, 4.69) is 27.4 Å². The van der Waals surface area contributed by atoms with Crippen molar-refractivity contribution in [1.82, 2.24) is 0 Å². The average molecular weight is 180 g/mol. The first-order valence-corrected chi connectivity index (χ1v) is 5.20. The molecule has 0 radical (unpaired) electrons. The van der Waals surface area contributed by atoms with Crippen LogP contribution in [0.2, 0.25) is 0 Å². The number of hydrogen-bond donors (Lipinski definition) is 0. The van der Waals surface area contributed by atoms with Gasteiger partial charge in [0, 0.05) is 11.8 Å². The molecule has 0 spiro atoms. The van der Waals surface area contributed by atoms with Gasteiger partial charge in [-0.1, -0.05) is 26.8 Å². The first kappa shape index (κ1) is 10.5. The number of carbonyl (C=O) groups is 1. The highest BCUT2D eigenvalue weighted by atomic mass is 16.1. The molecule has 1 nitrogen and oxygen atoms in total. The maximum absolute atomic E-state index is 11.9. The second kappa shape index (κ2) is 3.65. The summed E-state index contributed by atoms with van der Waals surface area (Å²) in [5.74, 6) is 1.36. The van der Waals surface area contributed by atoms with Crippen LogP contribution >= 0.6 is 0 Å². The normalized spacial score (nSPS) is 35.1. The predicted molar refractivity (Wildman–Crippen MR) is 55.5 cm³/mol. The molecule has 0 aliphatic heterocycles. The fraction of sp³-hybridized carbons (Fsp3) is 0.750. The van der Waals surface area contributed by atoms with Gasteiger partial charge in [-0.05, 0) is 24.7 Å². The van der Waals surface area contributed by atoms with E-state index in [1.54, 1.807) is 0 Å². The SMILES string of the molecule is C=C[C@]1(C(C)C)CC[C@H](C)CC1=O. The summed E-state index contributed by atoms with van der Waals surface area (Å²) in [4.78, 5) is 11.9. The van der Waals surface area contributed by atoms with Crippen LogP contribution in [0.1, 0.15) is 40.0 Å². The largest absolute Gasteiger partial charge is 0.299 e. The molecule has 0 aromatic carbocycles. The van der Waals surface area contributed by atoms with Gasteiger partial charge in [-0.25, -0.2) is 0 Å². The third kappa shape index (κ3) is 1.70. The van der Waals surface area contributed by atoms with Gasteiger partial charge in [0.15, 0.2) is 0 Å². The Hall–Kier alpha value is -0.590. The molecule has 1 aliphatic carbocycles. The highest BCUT2D eigenvalue weighted by Crippen LogP contribution is 2.42. The van der Waals surface area contributed by atoms with E-state index in [0.717, 1.165) is 19.3 Å². The molecular formula is C12H20O. The van der Waals surface area contributed by atoms with Gasteiger partial charge < -0.3 is 0 Å². The van der Waals surface area contributed by atoms with Crippen molar-refractivity contribution >= 4 is 5.78 Å². The molecule has 0 amide bonds. The highest BCUT2D eigenvalue weighted by molar-refractivity contribution is 5.87. The van der Waals surface area contributed by atoms with Crippen molar-refractivity contribution in [2.75, 3.05) is 0 Å². The van der Waals surface area contributed by atoms with Crippen LogP contribution < -0.4 is 0 Å². The van der Waals surface area contributed by atoms with Crippen LogP contribution in [0.4, 0.5) is 0 Å². The third-order valence-corrected chi connectivity index (χ3v) is 3.50. The first-order valence-electron chi connectivity index (χ1n) is 5.20. The Kier molecular flexibility index (Phi) is 2.94. The Morgan fingerprint density at radius 3 is 2.62 bits per heavy atom. The van der Waals surface area contributed by atoms with Crippen molar-refractivity contribution in [3.05, 3.63) is 12.7 Å². The van der Waals surface area contributed by atoms with Crippen LogP contribution in [0.15, 0.2) is 12.7 Å². The molecule has 1 saturated carbocycles. The average Bonchev–Trinajstić information content (AvgIpc) is 2.04. The molecule has 0 N–H and O–H groups in total. The molecule has 1 fully saturated rings. The van der Waals surface area contributed by atoms with Crippen molar-refractivity contribution < 1.29 is 4.79 Å². The maximum atomic E-state index is 11.9. The molecule has 1 aliphatic rings. The van der Waals surface area contributed by atoms with Crippen molar-refractivity contribution in [2.24, 2.45) is 17.3 Å². The molecule has 0 bridgehead atoms. The zero-order valence-corrected chi connectivity index (χ0v) is 8.97. The van der Waals surface area contributed by atoms with E-state index in [0.29, 0.717) is 17.6 Å². The van der Waals surface area contributed by atoms with E-state index in [4.69, 9.17) is 0 Å². The van der Waals surface area contributed by atoms with E-state index in [9.17, 15) is 4.79 Å². The van der Waals surface area contributed by atoms with Crippen LogP contribution in [-0.2, 0) is 4.79 Å². The Bertz CT molecular complexity index is 217.